The summed E-state index contributed by atoms with van der Waals surface area (Å²) in [5, 5.41) is 20.0. The molecule has 0 aromatic carbocycles. The summed E-state index contributed by atoms with van der Waals surface area (Å²) in [6.45, 7) is 0. The van der Waals surface area contributed by atoms with Crippen LogP contribution >= 0.6 is 0 Å². The van der Waals surface area contributed by atoms with E-state index in [1.807, 2.05) is 0 Å². The summed E-state index contributed by atoms with van der Waals surface area (Å²) in [4.78, 5) is 11.5. The van der Waals surface area contributed by atoms with Gasteiger partial charge in [0.15, 0.2) is 0 Å². The normalized spacial score (nSPS) is 29.9. The highest BCUT2D eigenvalue weighted by Crippen LogP contribution is 2.50. The number of hydrogen-bond acceptors (Lipinski definition) is 4. The van der Waals surface area contributed by atoms with E-state index in [1.54, 1.807) is 0 Å². The first-order valence-corrected chi connectivity index (χ1v) is 7.80. The van der Waals surface area contributed by atoms with E-state index in [9.17, 15) is 23.4 Å². The van der Waals surface area contributed by atoms with Crippen LogP contribution in [0, 0.1) is 5.41 Å². The van der Waals surface area contributed by atoms with Gasteiger partial charge < -0.3 is 10.2 Å². The Labute approximate surface area is 101 Å². The fourth-order valence-corrected chi connectivity index (χ4v) is 4.73. The number of carboxylic acid groups (broad SMARTS) is 1. The molecule has 0 aromatic rings. The average Bonchev–Trinajstić information content (AvgIpc) is 2.66. The van der Waals surface area contributed by atoms with E-state index in [0.29, 0.717) is 12.8 Å². The Morgan fingerprint density at radius 1 is 1.00 bits per heavy atom. The third-order valence-corrected chi connectivity index (χ3v) is 6.06. The minimum Gasteiger partial charge on any atom is -0.481 e. The summed E-state index contributed by atoms with van der Waals surface area (Å²) in [5.41, 5.74) is -2.47. The van der Waals surface area contributed by atoms with E-state index in [0.717, 1.165) is 12.8 Å². The lowest BCUT2D eigenvalue weighted by Gasteiger charge is -2.44. The second kappa shape index (κ2) is 3.95. The van der Waals surface area contributed by atoms with Gasteiger partial charge in [-0.1, -0.05) is 12.8 Å². The third-order valence-electron chi connectivity index (χ3n) is 4.41. The molecule has 0 spiro atoms. The molecular weight excluding hydrogens is 244 g/mol. The molecule has 6 heteroatoms. The number of aliphatic carboxylic acids is 1. The van der Waals surface area contributed by atoms with Crippen molar-refractivity contribution in [1.29, 1.82) is 0 Å². The molecule has 1 aliphatic carbocycles. The van der Waals surface area contributed by atoms with Gasteiger partial charge in [-0.15, -0.1) is 0 Å². The van der Waals surface area contributed by atoms with Crippen LogP contribution in [0.25, 0.3) is 0 Å². The van der Waals surface area contributed by atoms with Crippen molar-refractivity contribution in [3.63, 3.8) is 0 Å². The highest BCUT2D eigenvalue weighted by atomic mass is 32.2. The second-order valence-corrected chi connectivity index (χ2v) is 7.58. The van der Waals surface area contributed by atoms with Crippen LogP contribution in [0.4, 0.5) is 0 Å². The Balaban J connectivity index is 2.32. The lowest BCUT2D eigenvalue weighted by Crippen LogP contribution is -2.55. The Morgan fingerprint density at radius 3 is 1.88 bits per heavy atom. The van der Waals surface area contributed by atoms with Crippen molar-refractivity contribution in [2.45, 2.75) is 44.1 Å². The first kappa shape index (κ1) is 12.8. The SMILES string of the molecule is O=C(O)C1(C2(O)CCCC2)CCS(=O)(=O)CC1. The fourth-order valence-electron chi connectivity index (χ4n) is 3.20. The van der Waals surface area contributed by atoms with Crippen LogP contribution < -0.4 is 0 Å². The summed E-state index contributed by atoms with van der Waals surface area (Å²) in [6, 6.07) is 0. The summed E-state index contributed by atoms with van der Waals surface area (Å²) >= 11 is 0. The number of carboxylic acids is 1. The molecule has 17 heavy (non-hydrogen) atoms. The molecule has 2 fully saturated rings. The predicted octanol–water partition coefficient (Wildman–Crippen LogP) is 0.571. The van der Waals surface area contributed by atoms with Gasteiger partial charge >= 0.3 is 5.97 Å². The van der Waals surface area contributed by atoms with Crippen molar-refractivity contribution in [2.24, 2.45) is 5.41 Å². The molecule has 5 nitrogen and oxygen atoms in total. The molecule has 0 amide bonds. The highest BCUT2D eigenvalue weighted by Gasteiger charge is 2.58. The van der Waals surface area contributed by atoms with E-state index in [1.165, 1.54) is 0 Å². The Bertz CT molecular complexity index is 405. The number of rotatable bonds is 2. The minimum atomic E-state index is -3.12. The van der Waals surface area contributed by atoms with E-state index >= 15 is 0 Å². The molecule has 98 valence electrons. The Kier molecular flexibility index (Phi) is 2.98. The largest absolute Gasteiger partial charge is 0.481 e. The first-order chi connectivity index (χ1) is 7.81. The van der Waals surface area contributed by atoms with Crippen molar-refractivity contribution >= 4 is 15.8 Å². The van der Waals surface area contributed by atoms with Crippen LogP contribution in [0.5, 0.6) is 0 Å². The van der Waals surface area contributed by atoms with Gasteiger partial charge in [-0.05, 0) is 25.7 Å². The molecule has 0 atom stereocenters. The Hall–Kier alpha value is -0.620. The second-order valence-electron chi connectivity index (χ2n) is 5.28. The summed E-state index contributed by atoms with van der Waals surface area (Å²) in [6.07, 6.45) is 2.66. The molecule has 2 aliphatic rings. The molecule has 1 aliphatic heterocycles. The van der Waals surface area contributed by atoms with Crippen molar-refractivity contribution in [3.05, 3.63) is 0 Å². The van der Waals surface area contributed by atoms with Crippen molar-refractivity contribution < 1.29 is 23.4 Å². The molecular formula is C11H18O5S. The fraction of sp³-hybridized carbons (Fsp3) is 0.909. The number of carbonyl (C=O) groups is 1. The van der Waals surface area contributed by atoms with Gasteiger partial charge in [0.05, 0.1) is 22.5 Å². The highest BCUT2D eigenvalue weighted by molar-refractivity contribution is 7.91. The minimum absolute atomic E-state index is 0.0428. The molecule has 0 bridgehead atoms. The zero-order chi connectivity index (χ0) is 12.7. The molecule has 2 N–H and O–H groups in total. The zero-order valence-electron chi connectivity index (χ0n) is 9.68. The van der Waals surface area contributed by atoms with Crippen LogP contribution in [-0.4, -0.2) is 41.7 Å². The van der Waals surface area contributed by atoms with Gasteiger partial charge in [0.25, 0.3) is 0 Å². The van der Waals surface area contributed by atoms with Gasteiger partial charge in [0.2, 0.25) is 0 Å². The standard InChI is InChI=1S/C11H18O5S/c12-9(13)10(11(14)3-1-2-4-11)5-7-17(15,16)8-6-10/h14H,1-8H2,(H,12,13). The quantitative estimate of drug-likeness (QED) is 0.759. The van der Waals surface area contributed by atoms with Crippen LogP contribution in [-0.2, 0) is 14.6 Å². The molecule has 2 rings (SSSR count). The summed E-state index contributed by atoms with van der Waals surface area (Å²) in [7, 11) is -3.12. The monoisotopic (exact) mass is 262 g/mol. The van der Waals surface area contributed by atoms with Gasteiger partial charge in [-0.2, -0.15) is 0 Å². The summed E-state index contributed by atoms with van der Waals surface area (Å²) < 4.78 is 22.8. The van der Waals surface area contributed by atoms with Gasteiger partial charge in [0, 0.05) is 0 Å². The zero-order valence-corrected chi connectivity index (χ0v) is 10.5. The average molecular weight is 262 g/mol. The van der Waals surface area contributed by atoms with Crippen molar-refractivity contribution in [2.75, 3.05) is 11.5 Å². The molecule has 1 heterocycles. The van der Waals surface area contributed by atoms with Crippen molar-refractivity contribution in [1.82, 2.24) is 0 Å². The van der Waals surface area contributed by atoms with E-state index in [4.69, 9.17) is 0 Å². The third kappa shape index (κ3) is 1.97. The van der Waals surface area contributed by atoms with Gasteiger partial charge in [-0.25, -0.2) is 8.42 Å². The summed E-state index contributed by atoms with van der Waals surface area (Å²) in [5.74, 6) is -1.29. The van der Waals surface area contributed by atoms with Crippen molar-refractivity contribution in [3.8, 4) is 0 Å². The van der Waals surface area contributed by atoms with Gasteiger partial charge in [0.1, 0.15) is 9.84 Å². The van der Waals surface area contributed by atoms with Crippen LogP contribution in [0.2, 0.25) is 0 Å². The van der Waals surface area contributed by atoms with E-state index < -0.39 is 26.8 Å². The lowest BCUT2D eigenvalue weighted by molar-refractivity contribution is -0.170. The maximum Gasteiger partial charge on any atom is 0.312 e. The lowest BCUT2D eigenvalue weighted by atomic mass is 9.66. The van der Waals surface area contributed by atoms with Gasteiger partial charge in [-0.3, -0.25) is 4.79 Å². The molecule has 1 saturated heterocycles. The predicted molar refractivity (Wildman–Crippen MR) is 61.4 cm³/mol. The first-order valence-electron chi connectivity index (χ1n) is 5.98. The maximum absolute atomic E-state index is 11.5. The number of aliphatic hydroxyl groups is 1. The Morgan fingerprint density at radius 2 is 1.47 bits per heavy atom. The smallest absolute Gasteiger partial charge is 0.312 e. The molecule has 0 radical (unpaired) electrons. The van der Waals surface area contributed by atoms with E-state index in [-0.39, 0.29) is 24.3 Å². The molecule has 0 unspecified atom stereocenters. The molecule has 0 aromatic heterocycles. The van der Waals surface area contributed by atoms with E-state index in [2.05, 4.69) is 0 Å². The van der Waals surface area contributed by atoms with Crippen LogP contribution in [0.15, 0.2) is 0 Å². The maximum atomic E-state index is 11.5. The van der Waals surface area contributed by atoms with Crippen LogP contribution in [0.3, 0.4) is 0 Å². The number of sulfone groups is 1. The topological polar surface area (TPSA) is 91.7 Å². The van der Waals surface area contributed by atoms with Crippen LogP contribution in [0.1, 0.15) is 38.5 Å². The molecule has 1 saturated carbocycles. The number of hydrogen-bond donors (Lipinski definition) is 2.